The third kappa shape index (κ3) is 2.12. The molecule has 0 saturated carbocycles. The van der Waals surface area contributed by atoms with Crippen molar-refractivity contribution in [3.05, 3.63) is 0 Å². The molecule has 1 atom stereocenters. The molecule has 0 aromatic heterocycles. The van der Waals surface area contributed by atoms with Gasteiger partial charge >= 0.3 is 0 Å². The molecule has 0 amide bonds. The van der Waals surface area contributed by atoms with Crippen molar-refractivity contribution in [2.75, 3.05) is 12.4 Å². The van der Waals surface area contributed by atoms with Crippen LogP contribution in [0.25, 0.3) is 0 Å². The van der Waals surface area contributed by atoms with Gasteiger partial charge in [-0.05, 0) is 18.1 Å². The Labute approximate surface area is 64.1 Å². The summed E-state index contributed by atoms with van der Waals surface area (Å²) in [5.41, 5.74) is 0. The summed E-state index contributed by atoms with van der Waals surface area (Å²) in [6.07, 6.45) is 1.16. The number of aliphatic hydroxyl groups is 3. The molecule has 3 N–H and O–H groups in total. The average molecular weight is 164 g/mol. The summed E-state index contributed by atoms with van der Waals surface area (Å²) in [4.78, 5) is 0. The van der Waals surface area contributed by atoms with Crippen molar-refractivity contribution in [2.24, 2.45) is 5.92 Å². The van der Waals surface area contributed by atoms with Gasteiger partial charge in [0.25, 0.3) is 0 Å². The second kappa shape index (κ2) is 3.09. The number of rotatable bonds is 1. The van der Waals surface area contributed by atoms with E-state index in [-0.39, 0.29) is 18.9 Å². The molecule has 1 heterocycles. The van der Waals surface area contributed by atoms with E-state index in [0.29, 0.717) is 0 Å². The standard InChI is InChI=1S/C6H12O3S/c7-4-5-1-2-10-6(8,9)3-5/h5,7-9H,1-4H2. The lowest BCUT2D eigenvalue weighted by atomic mass is 10.0. The van der Waals surface area contributed by atoms with E-state index in [9.17, 15) is 0 Å². The largest absolute Gasteiger partial charge is 0.396 e. The van der Waals surface area contributed by atoms with Gasteiger partial charge in [0.15, 0.2) is 0 Å². The average Bonchev–Trinajstić information content (AvgIpc) is 1.86. The van der Waals surface area contributed by atoms with Crippen LogP contribution in [0.1, 0.15) is 12.8 Å². The summed E-state index contributed by atoms with van der Waals surface area (Å²) in [6, 6.07) is 0. The molecule has 0 aliphatic carbocycles. The summed E-state index contributed by atoms with van der Waals surface area (Å²) in [6.45, 7) is 0.0590. The van der Waals surface area contributed by atoms with Crippen LogP contribution in [0.15, 0.2) is 0 Å². The Bertz CT molecular complexity index is 116. The SMILES string of the molecule is OCC1CCSC(O)(O)C1. The molecule has 3 nitrogen and oxygen atoms in total. The summed E-state index contributed by atoms with van der Waals surface area (Å²) in [5, 5.41) is 25.3. The molecule has 0 bridgehead atoms. The van der Waals surface area contributed by atoms with Crippen molar-refractivity contribution < 1.29 is 15.3 Å². The van der Waals surface area contributed by atoms with E-state index < -0.39 is 5.12 Å². The smallest absolute Gasteiger partial charge is 0.213 e. The molecule has 1 unspecified atom stereocenters. The van der Waals surface area contributed by atoms with Gasteiger partial charge in [-0.25, -0.2) is 0 Å². The second-order valence-electron chi connectivity index (χ2n) is 2.63. The Balaban J connectivity index is 2.40. The molecule has 10 heavy (non-hydrogen) atoms. The Hall–Kier alpha value is 0.230. The van der Waals surface area contributed by atoms with Gasteiger partial charge in [0.1, 0.15) is 0 Å². The molecular weight excluding hydrogens is 152 g/mol. The third-order valence-electron chi connectivity index (χ3n) is 1.67. The number of hydrogen-bond acceptors (Lipinski definition) is 4. The van der Waals surface area contributed by atoms with Crippen molar-refractivity contribution in [3.8, 4) is 0 Å². The molecule has 1 rings (SSSR count). The molecule has 1 aliphatic rings. The maximum absolute atomic E-state index is 9.08. The first-order chi connectivity index (χ1) is 4.64. The van der Waals surface area contributed by atoms with Crippen molar-refractivity contribution in [3.63, 3.8) is 0 Å². The van der Waals surface area contributed by atoms with Crippen molar-refractivity contribution in [2.45, 2.75) is 18.0 Å². The van der Waals surface area contributed by atoms with Crippen LogP contribution in [0.5, 0.6) is 0 Å². The highest BCUT2D eigenvalue weighted by Gasteiger charge is 2.32. The van der Waals surface area contributed by atoms with E-state index in [1.165, 1.54) is 0 Å². The van der Waals surface area contributed by atoms with E-state index in [0.717, 1.165) is 23.9 Å². The maximum atomic E-state index is 9.08. The van der Waals surface area contributed by atoms with Gasteiger partial charge in [-0.15, -0.1) is 0 Å². The minimum absolute atomic E-state index is 0.0590. The van der Waals surface area contributed by atoms with E-state index in [1.807, 2.05) is 0 Å². The predicted octanol–water partition coefficient (Wildman–Crippen LogP) is -0.240. The Morgan fingerprint density at radius 3 is 2.60 bits per heavy atom. The monoisotopic (exact) mass is 164 g/mol. The van der Waals surface area contributed by atoms with Crippen LogP contribution in [0.2, 0.25) is 0 Å². The van der Waals surface area contributed by atoms with E-state index in [4.69, 9.17) is 15.3 Å². The van der Waals surface area contributed by atoms with Crippen molar-refractivity contribution >= 4 is 11.8 Å². The van der Waals surface area contributed by atoms with Crippen LogP contribution >= 0.6 is 11.8 Å². The summed E-state index contributed by atoms with van der Waals surface area (Å²) in [7, 11) is 0. The maximum Gasteiger partial charge on any atom is 0.213 e. The first-order valence-corrected chi connectivity index (χ1v) is 4.32. The zero-order chi connectivity index (χ0) is 7.61. The lowest BCUT2D eigenvalue weighted by Gasteiger charge is -2.30. The van der Waals surface area contributed by atoms with Crippen molar-refractivity contribution in [1.82, 2.24) is 0 Å². The molecule has 1 saturated heterocycles. The van der Waals surface area contributed by atoms with Crippen LogP contribution in [-0.2, 0) is 0 Å². The second-order valence-corrected chi connectivity index (χ2v) is 3.98. The molecule has 0 aromatic carbocycles. The molecule has 1 fully saturated rings. The normalized spacial score (nSPS) is 32.1. The fourth-order valence-corrected chi connectivity index (χ4v) is 2.21. The number of aliphatic hydroxyl groups excluding tert-OH is 1. The zero-order valence-electron chi connectivity index (χ0n) is 5.66. The van der Waals surface area contributed by atoms with Gasteiger partial charge in [-0.2, -0.15) is 0 Å². The fraction of sp³-hybridized carbons (Fsp3) is 1.00. The Kier molecular flexibility index (Phi) is 2.57. The van der Waals surface area contributed by atoms with E-state index >= 15 is 0 Å². The first kappa shape index (κ1) is 8.33. The van der Waals surface area contributed by atoms with Gasteiger partial charge in [0, 0.05) is 13.0 Å². The van der Waals surface area contributed by atoms with Gasteiger partial charge < -0.3 is 15.3 Å². The van der Waals surface area contributed by atoms with Gasteiger partial charge in [0.05, 0.1) is 0 Å². The van der Waals surface area contributed by atoms with Gasteiger partial charge in [0.2, 0.25) is 5.12 Å². The molecule has 60 valence electrons. The number of hydrogen-bond donors (Lipinski definition) is 3. The minimum atomic E-state index is -1.59. The van der Waals surface area contributed by atoms with Crippen LogP contribution in [0.4, 0.5) is 0 Å². The Morgan fingerprint density at radius 2 is 2.20 bits per heavy atom. The molecule has 0 aromatic rings. The lowest BCUT2D eigenvalue weighted by Crippen LogP contribution is -2.33. The summed E-state index contributed by atoms with van der Waals surface area (Å²) in [5.74, 6) is 0.786. The Morgan fingerprint density at radius 1 is 1.50 bits per heavy atom. The number of thioether (sulfide) groups is 1. The van der Waals surface area contributed by atoms with Crippen molar-refractivity contribution in [1.29, 1.82) is 0 Å². The van der Waals surface area contributed by atoms with Crippen LogP contribution in [0, 0.1) is 5.92 Å². The first-order valence-electron chi connectivity index (χ1n) is 3.33. The molecule has 0 radical (unpaired) electrons. The van der Waals surface area contributed by atoms with E-state index in [1.54, 1.807) is 0 Å². The summed E-state index contributed by atoms with van der Waals surface area (Å²) >= 11 is 1.14. The van der Waals surface area contributed by atoms with Gasteiger partial charge in [-0.3, -0.25) is 0 Å². The zero-order valence-corrected chi connectivity index (χ0v) is 6.47. The highest BCUT2D eigenvalue weighted by atomic mass is 32.2. The molecule has 0 spiro atoms. The molecular formula is C6H12O3S. The fourth-order valence-electron chi connectivity index (χ4n) is 1.08. The third-order valence-corrected chi connectivity index (χ3v) is 2.74. The van der Waals surface area contributed by atoms with Crippen LogP contribution in [0.3, 0.4) is 0 Å². The van der Waals surface area contributed by atoms with Crippen LogP contribution < -0.4 is 0 Å². The molecule has 1 aliphatic heterocycles. The van der Waals surface area contributed by atoms with Gasteiger partial charge in [-0.1, -0.05) is 11.8 Å². The highest BCUT2D eigenvalue weighted by molar-refractivity contribution is 8.00. The topological polar surface area (TPSA) is 60.7 Å². The van der Waals surface area contributed by atoms with E-state index in [2.05, 4.69) is 0 Å². The highest BCUT2D eigenvalue weighted by Crippen LogP contribution is 2.34. The van der Waals surface area contributed by atoms with Crippen LogP contribution in [-0.4, -0.2) is 32.8 Å². The molecule has 4 heteroatoms. The minimum Gasteiger partial charge on any atom is -0.396 e. The lowest BCUT2D eigenvalue weighted by molar-refractivity contribution is -0.0988. The quantitative estimate of drug-likeness (QED) is 0.468. The summed E-state index contributed by atoms with van der Waals surface area (Å²) < 4.78 is 0. The predicted molar refractivity (Wildman–Crippen MR) is 39.4 cm³/mol.